The second-order valence-corrected chi connectivity index (χ2v) is 8.51. The maximum atomic E-state index is 13.2. The highest BCUT2D eigenvalue weighted by molar-refractivity contribution is 6.10. The summed E-state index contributed by atoms with van der Waals surface area (Å²) < 4.78 is 7.30. The number of hydrogen-bond acceptors (Lipinski definition) is 5. The molecule has 4 aromatic rings. The molecule has 1 amide bonds. The number of nitrogens with one attached hydrogen (secondary N) is 1. The molecule has 0 saturated carbocycles. The third kappa shape index (κ3) is 4.40. The van der Waals surface area contributed by atoms with Crippen molar-refractivity contribution in [2.45, 2.75) is 52.6 Å². The molecule has 7 heteroatoms. The first-order chi connectivity index (χ1) is 14.9. The summed E-state index contributed by atoms with van der Waals surface area (Å²) in [6.45, 7) is 6.82. The first kappa shape index (κ1) is 20.9. The Morgan fingerprint density at radius 2 is 1.84 bits per heavy atom. The summed E-state index contributed by atoms with van der Waals surface area (Å²) in [7, 11) is 0. The monoisotopic (exact) mass is 419 g/mol. The van der Waals surface area contributed by atoms with Crippen LogP contribution in [-0.2, 0) is 6.54 Å². The summed E-state index contributed by atoms with van der Waals surface area (Å²) in [5.41, 5.74) is 9.42. The Morgan fingerprint density at radius 1 is 1.10 bits per heavy atom. The average Bonchev–Trinajstić information content (AvgIpc) is 3.33. The van der Waals surface area contributed by atoms with Gasteiger partial charge in [0.2, 0.25) is 0 Å². The molecule has 0 aliphatic carbocycles. The minimum absolute atomic E-state index is 0.0440. The van der Waals surface area contributed by atoms with Crippen molar-refractivity contribution >= 4 is 33.9 Å². The van der Waals surface area contributed by atoms with E-state index in [0.717, 1.165) is 36.1 Å². The molecule has 31 heavy (non-hydrogen) atoms. The average molecular weight is 420 g/mol. The van der Waals surface area contributed by atoms with E-state index in [1.54, 1.807) is 10.8 Å². The molecule has 162 valence electrons. The first-order valence-corrected chi connectivity index (χ1v) is 10.8. The zero-order chi connectivity index (χ0) is 22.0. The van der Waals surface area contributed by atoms with Crippen molar-refractivity contribution in [3.05, 3.63) is 54.0 Å². The first-order valence-electron chi connectivity index (χ1n) is 10.8. The van der Waals surface area contributed by atoms with Crippen LogP contribution in [0.3, 0.4) is 0 Å². The maximum Gasteiger partial charge on any atom is 0.257 e. The van der Waals surface area contributed by atoms with Crippen LogP contribution in [0.5, 0.6) is 0 Å². The van der Waals surface area contributed by atoms with Gasteiger partial charge in [-0.15, -0.1) is 0 Å². The lowest BCUT2D eigenvalue weighted by atomic mass is 10.0. The molecule has 0 radical (unpaired) electrons. The minimum Gasteiger partial charge on any atom is -0.467 e. The molecule has 1 atom stereocenters. The van der Waals surface area contributed by atoms with Crippen molar-refractivity contribution in [2.24, 2.45) is 5.92 Å². The Morgan fingerprint density at radius 3 is 2.52 bits per heavy atom. The van der Waals surface area contributed by atoms with Crippen molar-refractivity contribution in [1.29, 1.82) is 0 Å². The number of furan rings is 1. The van der Waals surface area contributed by atoms with Gasteiger partial charge in [-0.3, -0.25) is 4.79 Å². The standard InChI is InChI=1S/C24H29N5O2/c1-15(2)8-6-9-16(3)26-24(30)20-21-23(28-19-12-5-4-11-18(19)27-21)29(22(20)25)14-17-10-7-13-31-17/h4-5,7,10-13,15-16H,6,8-9,14,25H2,1-3H3,(H,26,30). The number of benzene rings is 1. The van der Waals surface area contributed by atoms with E-state index in [-0.39, 0.29) is 11.9 Å². The number of aromatic nitrogens is 3. The van der Waals surface area contributed by atoms with Crippen molar-refractivity contribution in [3.8, 4) is 0 Å². The van der Waals surface area contributed by atoms with Crippen LogP contribution in [-0.4, -0.2) is 26.5 Å². The van der Waals surface area contributed by atoms with E-state index in [1.807, 2.05) is 43.3 Å². The van der Waals surface area contributed by atoms with Crippen molar-refractivity contribution < 1.29 is 9.21 Å². The highest BCUT2D eigenvalue weighted by atomic mass is 16.3. The highest BCUT2D eigenvalue weighted by Gasteiger charge is 2.25. The van der Waals surface area contributed by atoms with Gasteiger partial charge in [0.1, 0.15) is 22.7 Å². The second-order valence-electron chi connectivity index (χ2n) is 8.51. The molecule has 0 aliphatic rings. The predicted molar refractivity (Wildman–Crippen MR) is 123 cm³/mol. The van der Waals surface area contributed by atoms with E-state index in [0.29, 0.717) is 35.0 Å². The number of carbonyl (C=O) groups is 1. The lowest BCUT2D eigenvalue weighted by Crippen LogP contribution is -2.33. The van der Waals surface area contributed by atoms with E-state index in [9.17, 15) is 4.79 Å². The Bertz CT molecular complexity index is 1190. The Labute approximate surface area is 181 Å². The van der Waals surface area contributed by atoms with E-state index < -0.39 is 0 Å². The number of fused-ring (bicyclic) bond motifs is 2. The fraction of sp³-hybridized carbons (Fsp3) is 0.375. The SMILES string of the molecule is CC(C)CCCC(C)NC(=O)c1c(N)n(Cc2ccco2)c2nc3ccccc3nc12. The van der Waals surface area contributed by atoms with Crippen LogP contribution in [0.25, 0.3) is 22.2 Å². The van der Waals surface area contributed by atoms with E-state index in [4.69, 9.17) is 20.1 Å². The lowest BCUT2D eigenvalue weighted by molar-refractivity contribution is 0.0940. The molecule has 3 N–H and O–H groups in total. The number of para-hydroxylation sites is 2. The second kappa shape index (κ2) is 8.79. The van der Waals surface area contributed by atoms with E-state index in [2.05, 4.69) is 19.2 Å². The molecule has 7 nitrogen and oxygen atoms in total. The van der Waals surface area contributed by atoms with Crippen LogP contribution in [0, 0.1) is 5.92 Å². The number of nitrogen functional groups attached to an aromatic ring is 1. The molecule has 1 unspecified atom stereocenters. The Balaban J connectivity index is 1.72. The molecule has 3 heterocycles. The molecule has 1 aromatic carbocycles. The summed E-state index contributed by atoms with van der Waals surface area (Å²) >= 11 is 0. The Hall–Kier alpha value is -3.35. The summed E-state index contributed by atoms with van der Waals surface area (Å²) in [5.74, 6) is 1.50. The lowest BCUT2D eigenvalue weighted by Gasteiger charge is -2.14. The van der Waals surface area contributed by atoms with Crippen molar-refractivity contribution in [3.63, 3.8) is 0 Å². The number of anilines is 1. The molecule has 4 rings (SSSR count). The zero-order valence-corrected chi connectivity index (χ0v) is 18.3. The molecule has 0 bridgehead atoms. The molecule has 0 fully saturated rings. The van der Waals surface area contributed by atoms with Gasteiger partial charge in [0.15, 0.2) is 5.65 Å². The van der Waals surface area contributed by atoms with Gasteiger partial charge in [0.25, 0.3) is 5.91 Å². The zero-order valence-electron chi connectivity index (χ0n) is 18.3. The van der Waals surface area contributed by atoms with Gasteiger partial charge in [-0.25, -0.2) is 9.97 Å². The van der Waals surface area contributed by atoms with Crippen LogP contribution in [0.4, 0.5) is 5.82 Å². The van der Waals surface area contributed by atoms with Crippen LogP contribution in [0.15, 0.2) is 47.1 Å². The number of nitrogens with two attached hydrogens (primary N) is 1. The molecule has 0 saturated heterocycles. The van der Waals surface area contributed by atoms with Gasteiger partial charge in [-0.05, 0) is 43.5 Å². The molecule has 3 aromatic heterocycles. The molecule has 0 spiro atoms. The molecule has 0 aliphatic heterocycles. The predicted octanol–water partition coefficient (Wildman–Crippen LogP) is 4.75. The van der Waals surface area contributed by atoms with Gasteiger partial charge in [-0.2, -0.15) is 0 Å². The fourth-order valence-electron chi connectivity index (χ4n) is 3.86. The van der Waals surface area contributed by atoms with E-state index in [1.165, 1.54) is 0 Å². The van der Waals surface area contributed by atoms with Crippen LogP contribution >= 0.6 is 0 Å². The van der Waals surface area contributed by atoms with Gasteiger partial charge in [-0.1, -0.05) is 38.8 Å². The van der Waals surface area contributed by atoms with Gasteiger partial charge < -0.3 is 20.0 Å². The van der Waals surface area contributed by atoms with Crippen molar-refractivity contribution in [1.82, 2.24) is 19.9 Å². The summed E-state index contributed by atoms with van der Waals surface area (Å²) in [4.78, 5) is 22.8. The van der Waals surface area contributed by atoms with Crippen LogP contribution in [0.1, 0.15) is 56.2 Å². The maximum absolute atomic E-state index is 13.2. The number of hydrogen-bond donors (Lipinski definition) is 2. The highest BCUT2D eigenvalue weighted by Crippen LogP contribution is 2.29. The number of carbonyl (C=O) groups excluding carboxylic acids is 1. The van der Waals surface area contributed by atoms with Crippen molar-refractivity contribution in [2.75, 3.05) is 5.73 Å². The molecular formula is C24H29N5O2. The smallest absolute Gasteiger partial charge is 0.257 e. The quantitative estimate of drug-likeness (QED) is 0.429. The van der Waals surface area contributed by atoms with E-state index >= 15 is 0 Å². The number of nitrogens with zero attached hydrogens (tertiary/aromatic N) is 3. The number of rotatable bonds is 8. The molecular weight excluding hydrogens is 390 g/mol. The van der Waals surface area contributed by atoms with Gasteiger partial charge in [0.05, 0.1) is 23.8 Å². The van der Waals surface area contributed by atoms with Crippen LogP contribution < -0.4 is 11.1 Å². The van der Waals surface area contributed by atoms with Gasteiger partial charge in [0, 0.05) is 6.04 Å². The third-order valence-electron chi connectivity index (χ3n) is 5.51. The fourth-order valence-corrected chi connectivity index (χ4v) is 3.86. The summed E-state index contributed by atoms with van der Waals surface area (Å²) in [6, 6.07) is 11.3. The number of amides is 1. The Kier molecular flexibility index (Phi) is 5.93. The minimum atomic E-state index is -0.220. The van der Waals surface area contributed by atoms with Gasteiger partial charge >= 0.3 is 0 Å². The van der Waals surface area contributed by atoms with Crippen LogP contribution in [0.2, 0.25) is 0 Å². The topological polar surface area (TPSA) is 99.0 Å². The summed E-state index contributed by atoms with van der Waals surface area (Å²) in [5, 5.41) is 3.10. The normalized spacial score (nSPS) is 12.6. The summed E-state index contributed by atoms with van der Waals surface area (Å²) in [6.07, 6.45) is 4.75. The third-order valence-corrected chi connectivity index (χ3v) is 5.51. The largest absolute Gasteiger partial charge is 0.467 e.